The largest absolute Gasteiger partial charge is 0.353 e. The minimum Gasteiger partial charge on any atom is -0.353 e. The topological polar surface area (TPSA) is 67.2 Å². The number of carbonyl (C=O) groups excluding carboxylic acids is 2. The van der Waals surface area contributed by atoms with Gasteiger partial charge in [0.05, 0.1) is 18.2 Å². The number of aryl methyl sites for hydroxylation is 1. The normalized spacial score (nSPS) is 17.9. The van der Waals surface area contributed by atoms with E-state index in [1.807, 2.05) is 49.7 Å². The summed E-state index contributed by atoms with van der Waals surface area (Å²) in [6.07, 6.45) is 3.54. The van der Waals surface area contributed by atoms with Crippen LogP contribution in [0.1, 0.15) is 24.2 Å². The number of imidazole rings is 1. The molecule has 0 aliphatic carbocycles. The zero-order valence-corrected chi connectivity index (χ0v) is 14.2. The molecular weight excluding hydrogens is 304 g/mol. The van der Waals surface area contributed by atoms with E-state index in [0.717, 1.165) is 11.3 Å². The first-order valence-corrected chi connectivity index (χ1v) is 8.14. The lowest BCUT2D eigenvalue weighted by Crippen LogP contribution is -2.59. The van der Waals surface area contributed by atoms with Crippen LogP contribution in [0, 0.1) is 5.92 Å². The van der Waals surface area contributed by atoms with E-state index in [1.165, 1.54) is 0 Å². The van der Waals surface area contributed by atoms with E-state index in [4.69, 9.17) is 0 Å². The van der Waals surface area contributed by atoms with Crippen LogP contribution < -0.4 is 5.32 Å². The Morgan fingerprint density at radius 1 is 1.29 bits per heavy atom. The fraction of sp³-hybridized carbons (Fsp3) is 0.389. The second-order valence-corrected chi connectivity index (χ2v) is 6.45. The Morgan fingerprint density at radius 2 is 2.00 bits per heavy atom. The third-order valence-corrected chi connectivity index (χ3v) is 4.39. The highest BCUT2D eigenvalue weighted by molar-refractivity contribution is 5.98. The van der Waals surface area contributed by atoms with E-state index in [-0.39, 0.29) is 17.7 Å². The van der Waals surface area contributed by atoms with Gasteiger partial charge >= 0.3 is 0 Å². The van der Waals surface area contributed by atoms with Crippen LogP contribution in [0.4, 0.5) is 0 Å². The standard InChI is InChI=1S/C18H22N4O2/c1-12(2)16-17(23)20-8-9-22(16)18(24)14-6-4-13(5-7-14)15-10-19-11-21(15)3/h4-7,10-12,16H,8-9H2,1-3H3,(H,20,23)/t16-/m1/s1. The van der Waals surface area contributed by atoms with Crippen LogP contribution in [0.2, 0.25) is 0 Å². The van der Waals surface area contributed by atoms with Gasteiger partial charge < -0.3 is 14.8 Å². The van der Waals surface area contributed by atoms with Crippen LogP contribution in [0.3, 0.4) is 0 Å². The first-order chi connectivity index (χ1) is 11.5. The lowest BCUT2D eigenvalue weighted by Gasteiger charge is -2.37. The highest BCUT2D eigenvalue weighted by Gasteiger charge is 2.35. The lowest BCUT2D eigenvalue weighted by atomic mass is 9.98. The van der Waals surface area contributed by atoms with Crippen LogP contribution in [0.15, 0.2) is 36.8 Å². The van der Waals surface area contributed by atoms with Crippen molar-refractivity contribution in [1.29, 1.82) is 0 Å². The summed E-state index contributed by atoms with van der Waals surface area (Å²) in [4.78, 5) is 30.8. The van der Waals surface area contributed by atoms with Crippen LogP contribution in [0.5, 0.6) is 0 Å². The Kier molecular flexibility index (Phi) is 4.38. The first-order valence-electron chi connectivity index (χ1n) is 8.14. The number of hydrogen-bond acceptors (Lipinski definition) is 3. The van der Waals surface area contributed by atoms with Crippen LogP contribution in [-0.4, -0.2) is 45.4 Å². The van der Waals surface area contributed by atoms with Gasteiger partial charge in [0.15, 0.2) is 0 Å². The quantitative estimate of drug-likeness (QED) is 0.933. The molecule has 0 saturated carbocycles. The zero-order chi connectivity index (χ0) is 17.3. The minimum absolute atomic E-state index is 0.0722. The van der Waals surface area contributed by atoms with Crippen molar-refractivity contribution < 1.29 is 9.59 Å². The fourth-order valence-corrected chi connectivity index (χ4v) is 3.16. The molecule has 1 atom stereocenters. The van der Waals surface area contributed by atoms with E-state index in [0.29, 0.717) is 18.7 Å². The van der Waals surface area contributed by atoms with E-state index < -0.39 is 6.04 Å². The number of nitrogens with zero attached hydrogens (tertiary/aromatic N) is 3. The number of hydrogen-bond donors (Lipinski definition) is 1. The maximum Gasteiger partial charge on any atom is 0.254 e. The van der Waals surface area contributed by atoms with E-state index in [1.54, 1.807) is 17.4 Å². The van der Waals surface area contributed by atoms with E-state index in [9.17, 15) is 9.59 Å². The summed E-state index contributed by atoms with van der Waals surface area (Å²) in [5.41, 5.74) is 2.59. The van der Waals surface area contributed by atoms with Gasteiger partial charge in [-0.05, 0) is 23.6 Å². The molecule has 24 heavy (non-hydrogen) atoms. The second-order valence-electron chi connectivity index (χ2n) is 6.45. The molecule has 2 heterocycles. The Morgan fingerprint density at radius 3 is 2.58 bits per heavy atom. The van der Waals surface area contributed by atoms with Crippen LogP contribution >= 0.6 is 0 Å². The summed E-state index contributed by atoms with van der Waals surface area (Å²) >= 11 is 0. The van der Waals surface area contributed by atoms with Crippen molar-refractivity contribution in [3.63, 3.8) is 0 Å². The summed E-state index contributed by atoms with van der Waals surface area (Å²) in [5.74, 6) is -0.0980. The van der Waals surface area contributed by atoms with Crippen molar-refractivity contribution in [2.24, 2.45) is 13.0 Å². The number of rotatable bonds is 3. The zero-order valence-electron chi connectivity index (χ0n) is 14.2. The van der Waals surface area contributed by atoms with Gasteiger partial charge in [-0.15, -0.1) is 0 Å². The average Bonchev–Trinajstić information content (AvgIpc) is 3.00. The van der Waals surface area contributed by atoms with E-state index >= 15 is 0 Å². The summed E-state index contributed by atoms with van der Waals surface area (Å²) in [6, 6.07) is 7.04. The molecule has 1 aliphatic heterocycles. The minimum atomic E-state index is -0.414. The van der Waals surface area contributed by atoms with Gasteiger partial charge in [-0.25, -0.2) is 4.98 Å². The Hall–Kier alpha value is -2.63. The molecule has 0 radical (unpaired) electrons. The molecule has 1 saturated heterocycles. The molecule has 6 heteroatoms. The van der Waals surface area contributed by atoms with Gasteiger partial charge in [-0.2, -0.15) is 0 Å². The summed E-state index contributed by atoms with van der Waals surface area (Å²) in [5, 5.41) is 2.84. The lowest BCUT2D eigenvalue weighted by molar-refractivity contribution is -0.129. The summed E-state index contributed by atoms with van der Waals surface area (Å²) in [6.45, 7) is 4.96. The van der Waals surface area contributed by atoms with Gasteiger partial charge in [-0.3, -0.25) is 9.59 Å². The molecule has 1 aromatic heterocycles. The Bertz CT molecular complexity index is 749. The van der Waals surface area contributed by atoms with Crippen molar-refractivity contribution in [3.8, 4) is 11.3 Å². The predicted octanol–water partition coefficient (Wildman–Crippen LogP) is 1.68. The first kappa shape index (κ1) is 16.2. The van der Waals surface area contributed by atoms with Crippen molar-refractivity contribution in [2.75, 3.05) is 13.1 Å². The van der Waals surface area contributed by atoms with Crippen molar-refractivity contribution >= 4 is 11.8 Å². The summed E-state index contributed by atoms with van der Waals surface area (Å²) in [7, 11) is 1.93. The SMILES string of the molecule is CC(C)[C@@H]1C(=O)NCCN1C(=O)c1ccc(-c2cncn2C)cc1. The molecule has 126 valence electrons. The van der Waals surface area contributed by atoms with Gasteiger partial charge in [0.25, 0.3) is 5.91 Å². The fourth-order valence-electron chi connectivity index (χ4n) is 3.16. The molecule has 0 spiro atoms. The van der Waals surface area contributed by atoms with Crippen LogP contribution in [0.25, 0.3) is 11.3 Å². The van der Waals surface area contributed by atoms with E-state index in [2.05, 4.69) is 10.3 Å². The third kappa shape index (κ3) is 2.91. The van der Waals surface area contributed by atoms with Crippen LogP contribution in [-0.2, 0) is 11.8 Å². The molecule has 0 bridgehead atoms. The molecule has 1 aliphatic rings. The number of aromatic nitrogens is 2. The predicted molar refractivity (Wildman–Crippen MR) is 91.3 cm³/mol. The Balaban J connectivity index is 1.84. The van der Waals surface area contributed by atoms with Crippen molar-refractivity contribution in [3.05, 3.63) is 42.4 Å². The monoisotopic (exact) mass is 326 g/mol. The van der Waals surface area contributed by atoms with Gasteiger partial charge in [0, 0.05) is 25.7 Å². The number of benzene rings is 1. The third-order valence-electron chi connectivity index (χ3n) is 4.39. The molecule has 0 unspecified atom stereocenters. The second kappa shape index (κ2) is 6.47. The number of amides is 2. The maximum absolute atomic E-state index is 12.9. The molecule has 1 fully saturated rings. The summed E-state index contributed by atoms with van der Waals surface area (Å²) < 4.78 is 1.93. The van der Waals surface area contributed by atoms with Gasteiger partial charge in [-0.1, -0.05) is 26.0 Å². The number of nitrogens with one attached hydrogen (secondary N) is 1. The smallest absolute Gasteiger partial charge is 0.254 e. The van der Waals surface area contributed by atoms with Crippen molar-refractivity contribution in [1.82, 2.24) is 19.8 Å². The van der Waals surface area contributed by atoms with Crippen molar-refractivity contribution in [2.45, 2.75) is 19.9 Å². The highest BCUT2D eigenvalue weighted by Crippen LogP contribution is 2.21. The number of piperazine rings is 1. The molecule has 1 aromatic carbocycles. The average molecular weight is 326 g/mol. The molecule has 6 nitrogen and oxygen atoms in total. The molecule has 2 aromatic rings. The van der Waals surface area contributed by atoms with Gasteiger partial charge in [0.1, 0.15) is 6.04 Å². The maximum atomic E-state index is 12.9. The highest BCUT2D eigenvalue weighted by atomic mass is 16.2. The Labute approximate surface area is 141 Å². The number of carbonyl (C=O) groups is 2. The molecule has 1 N–H and O–H groups in total. The molecule has 2 amide bonds. The van der Waals surface area contributed by atoms with Gasteiger partial charge in [0.2, 0.25) is 5.91 Å². The molecule has 3 rings (SSSR count). The molecular formula is C18H22N4O2.